The molecule has 0 radical (unpaired) electrons. The lowest BCUT2D eigenvalue weighted by molar-refractivity contribution is -0.116. The van der Waals surface area contributed by atoms with E-state index in [1.807, 2.05) is 24.3 Å². The molecule has 3 aromatic rings. The Morgan fingerprint density at radius 2 is 1.50 bits per heavy atom. The second-order valence-electron chi connectivity index (χ2n) is 7.76. The molecule has 0 fully saturated rings. The van der Waals surface area contributed by atoms with Crippen molar-refractivity contribution in [3.05, 3.63) is 89.5 Å². The van der Waals surface area contributed by atoms with Crippen LogP contribution < -0.4 is 10.6 Å². The number of anilines is 1. The maximum absolute atomic E-state index is 12.2. The maximum Gasteiger partial charge on any atom is 0.407 e. The largest absolute Gasteiger partial charge is 0.449 e. The molecule has 0 aliphatic heterocycles. The number of carbonyl (C=O) groups excluding carboxylic acids is 2. The first-order chi connectivity index (χ1) is 15.7. The summed E-state index contributed by atoms with van der Waals surface area (Å²) < 4.78 is 5.49. The lowest BCUT2D eigenvalue weighted by atomic mass is 9.98. The Kier molecular flexibility index (Phi) is 6.82. The van der Waals surface area contributed by atoms with E-state index in [0.717, 1.165) is 5.56 Å². The summed E-state index contributed by atoms with van der Waals surface area (Å²) in [5.74, 6) is -0.104. The highest BCUT2D eigenvalue weighted by atomic mass is 16.5. The van der Waals surface area contributed by atoms with Gasteiger partial charge in [-0.1, -0.05) is 60.7 Å². The van der Waals surface area contributed by atoms with E-state index >= 15 is 0 Å². The number of rotatable bonds is 8. The van der Waals surface area contributed by atoms with Crippen molar-refractivity contribution in [2.45, 2.75) is 25.4 Å². The number of fused-ring (bicyclic) bond motifs is 3. The first kappa shape index (κ1) is 21.6. The molecule has 2 amide bonds. The molecule has 3 aromatic carbocycles. The van der Waals surface area contributed by atoms with Crippen LogP contribution >= 0.6 is 0 Å². The number of benzene rings is 3. The second-order valence-corrected chi connectivity index (χ2v) is 7.76. The van der Waals surface area contributed by atoms with Gasteiger partial charge < -0.3 is 20.5 Å². The monoisotopic (exact) mass is 430 g/mol. The minimum Gasteiger partial charge on any atom is -0.449 e. The standard InChI is InChI=1S/C26H26N2O4/c29-16-18-11-13-19(14-12-18)28-25(30)10-5-15-27-26(31)32-17-24-22-8-3-1-6-20(22)21-7-2-4-9-23(21)24/h1-4,6-9,11-14,24,29H,5,10,15-17H2,(H,27,31)(H,28,30). The van der Waals surface area contributed by atoms with Crippen molar-refractivity contribution in [3.63, 3.8) is 0 Å². The minimum atomic E-state index is -0.480. The zero-order valence-corrected chi connectivity index (χ0v) is 17.7. The summed E-state index contributed by atoms with van der Waals surface area (Å²) in [6.45, 7) is 0.591. The summed E-state index contributed by atoms with van der Waals surface area (Å²) >= 11 is 0. The third-order valence-electron chi connectivity index (χ3n) is 5.61. The van der Waals surface area contributed by atoms with Crippen LogP contribution in [0.5, 0.6) is 0 Å². The molecule has 6 heteroatoms. The molecule has 0 spiro atoms. The number of carbonyl (C=O) groups is 2. The Labute approximate surface area is 187 Å². The Hall–Kier alpha value is -3.64. The Balaban J connectivity index is 1.20. The van der Waals surface area contributed by atoms with Crippen LogP contribution in [-0.4, -0.2) is 30.3 Å². The van der Waals surface area contributed by atoms with Gasteiger partial charge in [-0.15, -0.1) is 0 Å². The van der Waals surface area contributed by atoms with Crippen LogP contribution in [0.2, 0.25) is 0 Å². The van der Waals surface area contributed by atoms with E-state index in [-0.39, 0.29) is 31.5 Å². The average Bonchev–Trinajstić information content (AvgIpc) is 3.15. The van der Waals surface area contributed by atoms with E-state index in [1.165, 1.54) is 22.3 Å². The predicted molar refractivity (Wildman–Crippen MR) is 123 cm³/mol. The molecule has 6 nitrogen and oxygen atoms in total. The summed E-state index contributed by atoms with van der Waals surface area (Å²) in [5.41, 5.74) is 6.19. The van der Waals surface area contributed by atoms with Crippen molar-refractivity contribution >= 4 is 17.7 Å². The third kappa shape index (κ3) is 4.98. The van der Waals surface area contributed by atoms with Gasteiger partial charge in [0.15, 0.2) is 0 Å². The van der Waals surface area contributed by atoms with Gasteiger partial charge in [0.25, 0.3) is 0 Å². The number of hydrogen-bond acceptors (Lipinski definition) is 4. The molecule has 0 aromatic heterocycles. The van der Waals surface area contributed by atoms with Gasteiger partial charge in [-0.05, 0) is 46.4 Å². The van der Waals surface area contributed by atoms with E-state index < -0.39 is 6.09 Å². The van der Waals surface area contributed by atoms with Gasteiger partial charge in [0.1, 0.15) is 6.61 Å². The smallest absolute Gasteiger partial charge is 0.407 e. The number of aliphatic hydroxyl groups excluding tert-OH is 1. The second kappa shape index (κ2) is 10.1. The van der Waals surface area contributed by atoms with Crippen molar-refractivity contribution in [1.29, 1.82) is 0 Å². The van der Waals surface area contributed by atoms with Gasteiger partial charge in [0, 0.05) is 24.6 Å². The van der Waals surface area contributed by atoms with Crippen LogP contribution in [0.1, 0.15) is 35.4 Å². The summed E-state index contributed by atoms with van der Waals surface area (Å²) in [7, 11) is 0. The average molecular weight is 431 g/mol. The fourth-order valence-corrected chi connectivity index (χ4v) is 4.01. The summed E-state index contributed by atoms with van der Waals surface area (Å²) in [5, 5.41) is 14.6. The zero-order valence-electron chi connectivity index (χ0n) is 17.7. The molecule has 3 N–H and O–H groups in total. The molecule has 1 aliphatic rings. The van der Waals surface area contributed by atoms with Gasteiger partial charge >= 0.3 is 6.09 Å². The number of amides is 2. The zero-order chi connectivity index (χ0) is 22.3. The van der Waals surface area contributed by atoms with Crippen molar-refractivity contribution < 1.29 is 19.4 Å². The highest BCUT2D eigenvalue weighted by Gasteiger charge is 2.28. The van der Waals surface area contributed by atoms with Crippen molar-refractivity contribution in [3.8, 4) is 11.1 Å². The molecule has 0 bridgehead atoms. The van der Waals surface area contributed by atoms with Crippen LogP contribution in [0, 0.1) is 0 Å². The van der Waals surface area contributed by atoms with Gasteiger partial charge in [-0.2, -0.15) is 0 Å². The van der Waals surface area contributed by atoms with Crippen LogP contribution in [-0.2, 0) is 16.1 Å². The van der Waals surface area contributed by atoms with Crippen LogP contribution in [0.3, 0.4) is 0 Å². The summed E-state index contributed by atoms with van der Waals surface area (Å²) in [6, 6.07) is 23.4. The summed E-state index contributed by atoms with van der Waals surface area (Å²) in [4.78, 5) is 24.2. The topological polar surface area (TPSA) is 87.7 Å². The van der Waals surface area contributed by atoms with Gasteiger partial charge in [-0.25, -0.2) is 4.79 Å². The highest BCUT2D eigenvalue weighted by molar-refractivity contribution is 5.90. The lowest BCUT2D eigenvalue weighted by Crippen LogP contribution is -2.27. The highest BCUT2D eigenvalue weighted by Crippen LogP contribution is 2.44. The SMILES string of the molecule is O=C(CCCNC(=O)OCC1c2ccccc2-c2ccccc21)Nc1ccc(CO)cc1. The van der Waals surface area contributed by atoms with Crippen LogP contribution in [0.15, 0.2) is 72.8 Å². The summed E-state index contributed by atoms with van der Waals surface area (Å²) in [6.07, 6.45) is 0.308. The van der Waals surface area contributed by atoms with Crippen LogP contribution in [0.4, 0.5) is 10.5 Å². The maximum atomic E-state index is 12.2. The van der Waals surface area contributed by atoms with E-state index in [1.54, 1.807) is 24.3 Å². The van der Waals surface area contributed by atoms with Crippen molar-refractivity contribution in [2.75, 3.05) is 18.5 Å². The van der Waals surface area contributed by atoms with Crippen molar-refractivity contribution in [2.24, 2.45) is 0 Å². The van der Waals surface area contributed by atoms with E-state index in [0.29, 0.717) is 18.7 Å². The fraction of sp³-hybridized carbons (Fsp3) is 0.231. The Bertz CT molecular complexity index is 1050. The van der Waals surface area contributed by atoms with Gasteiger partial charge in [-0.3, -0.25) is 4.79 Å². The molecule has 0 heterocycles. The predicted octanol–water partition coefficient (Wildman–Crippen LogP) is 4.44. The van der Waals surface area contributed by atoms with E-state index in [4.69, 9.17) is 9.84 Å². The Morgan fingerprint density at radius 3 is 2.12 bits per heavy atom. The third-order valence-corrected chi connectivity index (χ3v) is 5.61. The number of aliphatic hydroxyl groups is 1. The van der Waals surface area contributed by atoms with Crippen LogP contribution in [0.25, 0.3) is 11.1 Å². The molecular formula is C26H26N2O4. The fourth-order valence-electron chi connectivity index (χ4n) is 4.01. The molecule has 0 atom stereocenters. The molecular weight excluding hydrogens is 404 g/mol. The first-order valence-corrected chi connectivity index (χ1v) is 10.7. The Morgan fingerprint density at radius 1 is 0.875 bits per heavy atom. The number of alkyl carbamates (subject to hydrolysis) is 1. The number of nitrogens with one attached hydrogen (secondary N) is 2. The molecule has 164 valence electrons. The molecule has 0 saturated heterocycles. The molecule has 32 heavy (non-hydrogen) atoms. The molecule has 0 unspecified atom stereocenters. The quantitative estimate of drug-likeness (QED) is 0.461. The van der Waals surface area contributed by atoms with E-state index in [2.05, 4.69) is 34.9 Å². The van der Waals surface area contributed by atoms with E-state index in [9.17, 15) is 9.59 Å². The number of hydrogen-bond donors (Lipinski definition) is 3. The van der Waals surface area contributed by atoms with Crippen molar-refractivity contribution in [1.82, 2.24) is 5.32 Å². The lowest BCUT2D eigenvalue weighted by Gasteiger charge is -2.14. The number of ether oxygens (including phenoxy) is 1. The first-order valence-electron chi connectivity index (χ1n) is 10.7. The normalized spacial score (nSPS) is 12.0. The molecule has 0 saturated carbocycles. The molecule has 4 rings (SSSR count). The minimum absolute atomic E-state index is 0.0242. The molecule has 1 aliphatic carbocycles. The van der Waals surface area contributed by atoms with Gasteiger partial charge in [0.2, 0.25) is 5.91 Å². The van der Waals surface area contributed by atoms with Gasteiger partial charge in [0.05, 0.1) is 6.61 Å².